The summed E-state index contributed by atoms with van der Waals surface area (Å²) >= 11 is 1.42. The topological polar surface area (TPSA) is 42.9 Å². The second kappa shape index (κ2) is 5.74. The van der Waals surface area contributed by atoms with Crippen LogP contribution < -0.4 is 0 Å². The van der Waals surface area contributed by atoms with Gasteiger partial charge in [-0.3, -0.25) is 4.79 Å². The van der Waals surface area contributed by atoms with Crippen molar-refractivity contribution in [1.82, 2.24) is 9.97 Å². The molecule has 0 aliphatic rings. The summed E-state index contributed by atoms with van der Waals surface area (Å²) in [5.41, 5.74) is 3.44. The van der Waals surface area contributed by atoms with Gasteiger partial charge in [-0.2, -0.15) is 0 Å². The Morgan fingerprint density at radius 1 is 0.783 bits per heavy atom. The third kappa shape index (κ3) is 2.53. The van der Waals surface area contributed by atoms with E-state index in [0.29, 0.717) is 16.3 Å². The minimum Gasteiger partial charge on any atom is -0.286 e. The van der Waals surface area contributed by atoms with Crippen LogP contribution in [-0.4, -0.2) is 15.8 Å². The van der Waals surface area contributed by atoms with Crippen LogP contribution in [0.4, 0.5) is 0 Å². The molecule has 0 N–H and O–H groups in total. The van der Waals surface area contributed by atoms with Crippen LogP contribution in [0.2, 0.25) is 0 Å². The van der Waals surface area contributed by atoms with Gasteiger partial charge in [-0.05, 0) is 23.6 Å². The van der Waals surface area contributed by atoms with E-state index in [1.807, 2.05) is 72.1 Å². The van der Waals surface area contributed by atoms with Gasteiger partial charge >= 0.3 is 0 Å². The van der Waals surface area contributed by atoms with E-state index in [1.165, 1.54) is 11.3 Å². The van der Waals surface area contributed by atoms with E-state index in [0.717, 1.165) is 16.6 Å². The van der Waals surface area contributed by atoms with Crippen molar-refractivity contribution in [2.45, 2.75) is 0 Å². The Kier molecular flexibility index (Phi) is 3.44. The third-order valence-electron chi connectivity index (χ3n) is 3.58. The standard InChI is InChI=1S/C19H12N2OS/c22-19(16-11-6-12-23-16)18-17(13-7-2-1-3-8-13)20-14-9-4-5-10-15(14)21-18/h1-12H. The van der Waals surface area contributed by atoms with Crippen molar-refractivity contribution in [2.75, 3.05) is 0 Å². The van der Waals surface area contributed by atoms with E-state index in [9.17, 15) is 4.79 Å². The Labute approximate surface area is 137 Å². The van der Waals surface area contributed by atoms with Crippen LogP contribution in [0.25, 0.3) is 22.3 Å². The minimum atomic E-state index is -0.0860. The zero-order chi connectivity index (χ0) is 15.6. The maximum Gasteiger partial charge on any atom is 0.223 e. The Hall–Kier alpha value is -2.85. The molecule has 2 aromatic carbocycles. The summed E-state index contributed by atoms with van der Waals surface area (Å²) in [6, 6.07) is 21.0. The van der Waals surface area contributed by atoms with Crippen LogP contribution in [0.5, 0.6) is 0 Å². The molecule has 4 heteroatoms. The molecule has 0 unspecified atom stereocenters. The molecular weight excluding hydrogens is 304 g/mol. The Morgan fingerprint density at radius 2 is 1.48 bits per heavy atom. The second-order valence-corrected chi connectivity index (χ2v) is 6.03. The van der Waals surface area contributed by atoms with Gasteiger partial charge in [0, 0.05) is 5.56 Å². The fourth-order valence-corrected chi connectivity index (χ4v) is 3.14. The maximum absolute atomic E-state index is 12.9. The minimum absolute atomic E-state index is 0.0860. The van der Waals surface area contributed by atoms with E-state index in [4.69, 9.17) is 4.98 Å². The number of fused-ring (bicyclic) bond motifs is 1. The van der Waals surface area contributed by atoms with Crippen LogP contribution in [0.3, 0.4) is 0 Å². The van der Waals surface area contributed by atoms with Crippen molar-refractivity contribution in [2.24, 2.45) is 0 Å². The highest BCUT2D eigenvalue weighted by atomic mass is 32.1. The van der Waals surface area contributed by atoms with Gasteiger partial charge in [-0.15, -0.1) is 11.3 Å². The first kappa shape index (κ1) is 13.8. The SMILES string of the molecule is O=C(c1cccs1)c1nc2ccccc2nc1-c1ccccc1. The molecule has 110 valence electrons. The first-order chi connectivity index (χ1) is 11.3. The monoisotopic (exact) mass is 316 g/mol. The zero-order valence-corrected chi connectivity index (χ0v) is 13.0. The predicted molar refractivity (Wildman–Crippen MR) is 92.7 cm³/mol. The van der Waals surface area contributed by atoms with E-state index in [-0.39, 0.29) is 5.78 Å². The lowest BCUT2D eigenvalue weighted by Gasteiger charge is -2.08. The van der Waals surface area contributed by atoms with Crippen molar-refractivity contribution >= 4 is 28.2 Å². The molecule has 0 atom stereocenters. The van der Waals surface area contributed by atoms with Gasteiger partial charge in [0.2, 0.25) is 5.78 Å². The molecule has 0 fully saturated rings. The number of carbonyl (C=O) groups is 1. The molecular formula is C19H12N2OS. The summed E-state index contributed by atoms with van der Waals surface area (Å²) in [5.74, 6) is -0.0860. The zero-order valence-electron chi connectivity index (χ0n) is 12.1. The smallest absolute Gasteiger partial charge is 0.223 e. The quantitative estimate of drug-likeness (QED) is 0.519. The van der Waals surface area contributed by atoms with E-state index >= 15 is 0 Å². The molecule has 23 heavy (non-hydrogen) atoms. The molecule has 2 aromatic heterocycles. The number of hydrogen-bond donors (Lipinski definition) is 0. The summed E-state index contributed by atoms with van der Waals surface area (Å²) in [4.78, 5) is 22.8. The van der Waals surface area contributed by atoms with Gasteiger partial charge in [0.15, 0.2) is 0 Å². The van der Waals surface area contributed by atoms with Crippen molar-refractivity contribution in [3.05, 3.63) is 82.7 Å². The maximum atomic E-state index is 12.9. The molecule has 0 radical (unpaired) electrons. The predicted octanol–water partition coefficient (Wildman–Crippen LogP) is 4.59. The number of ketones is 1. The molecule has 2 heterocycles. The molecule has 4 aromatic rings. The number of carbonyl (C=O) groups excluding carboxylic acids is 1. The molecule has 3 nitrogen and oxygen atoms in total. The third-order valence-corrected chi connectivity index (χ3v) is 4.45. The normalized spacial score (nSPS) is 10.8. The fourth-order valence-electron chi connectivity index (χ4n) is 2.48. The van der Waals surface area contributed by atoms with Crippen LogP contribution in [0.15, 0.2) is 72.1 Å². The molecule has 0 amide bonds. The number of aromatic nitrogens is 2. The molecule has 0 saturated carbocycles. The lowest BCUT2D eigenvalue weighted by atomic mass is 10.1. The van der Waals surface area contributed by atoms with E-state index in [1.54, 1.807) is 0 Å². The Balaban J connectivity index is 1.99. The van der Waals surface area contributed by atoms with Gasteiger partial charge in [-0.1, -0.05) is 48.5 Å². The summed E-state index contributed by atoms with van der Waals surface area (Å²) in [7, 11) is 0. The lowest BCUT2D eigenvalue weighted by Crippen LogP contribution is -2.07. The van der Waals surface area contributed by atoms with Crippen molar-refractivity contribution in [3.8, 4) is 11.3 Å². The van der Waals surface area contributed by atoms with Gasteiger partial charge in [0.1, 0.15) is 11.4 Å². The molecule has 0 spiro atoms. The molecule has 0 aliphatic heterocycles. The summed E-state index contributed by atoms with van der Waals surface area (Å²) in [6.45, 7) is 0. The number of thiophene rings is 1. The number of hydrogen-bond acceptors (Lipinski definition) is 4. The van der Waals surface area contributed by atoms with Gasteiger partial charge in [-0.25, -0.2) is 9.97 Å². The number of rotatable bonds is 3. The van der Waals surface area contributed by atoms with E-state index in [2.05, 4.69) is 4.98 Å². The van der Waals surface area contributed by atoms with Gasteiger partial charge in [0.25, 0.3) is 0 Å². The first-order valence-corrected chi connectivity index (χ1v) is 8.11. The largest absolute Gasteiger partial charge is 0.286 e. The average molecular weight is 316 g/mol. The van der Waals surface area contributed by atoms with Crippen LogP contribution in [0.1, 0.15) is 15.4 Å². The molecule has 4 rings (SSSR count). The average Bonchev–Trinajstić information content (AvgIpc) is 3.15. The van der Waals surface area contributed by atoms with Crippen LogP contribution in [-0.2, 0) is 0 Å². The number of nitrogens with zero attached hydrogens (tertiary/aromatic N) is 2. The van der Waals surface area contributed by atoms with Crippen LogP contribution >= 0.6 is 11.3 Å². The highest BCUT2D eigenvalue weighted by molar-refractivity contribution is 7.12. The van der Waals surface area contributed by atoms with Crippen LogP contribution in [0, 0.1) is 0 Å². The molecule has 0 bridgehead atoms. The number of para-hydroxylation sites is 2. The van der Waals surface area contributed by atoms with Crippen molar-refractivity contribution in [3.63, 3.8) is 0 Å². The molecule has 0 saturated heterocycles. The Morgan fingerprint density at radius 3 is 2.17 bits per heavy atom. The summed E-state index contributed by atoms with van der Waals surface area (Å²) in [6.07, 6.45) is 0. The van der Waals surface area contributed by atoms with Crippen molar-refractivity contribution in [1.29, 1.82) is 0 Å². The second-order valence-electron chi connectivity index (χ2n) is 5.08. The van der Waals surface area contributed by atoms with E-state index < -0.39 is 0 Å². The molecule has 0 aliphatic carbocycles. The fraction of sp³-hybridized carbons (Fsp3) is 0. The number of benzene rings is 2. The van der Waals surface area contributed by atoms with Crippen molar-refractivity contribution < 1.29 is 4.79 Å². The Bertz CT molecular complexity index is 979. The van der Waals surface area contributed by atoms with Gasteiger partial charge < -0.3 is 0 Å². The lowest BCUT2D eigenvalue weighted by molar-refractivity contribution is 0.103. The summed E-state index contributed by atoms with van der Waals surface area (Å²) in [5, 5.41) is 1.89. The highest BCUT2D eigenvalue weighted by Crippen LogP contribution is 2.26. The first-order valence-electron chi connectivity index (χ1n) is 7.23. The highest BCUT2D eigenvalue weighted by Gasteiger charge is 2.19. The van der Waals surface area contributed by atoms with Gasteiger partial charge in [0.05, 0.1) is 15.9 Å². The summed E-state index contributed by atoms with van der Waals surface area (Å²) < 4.78 is 0.